The SMILES string of the molecule is CNC(=O)CNC(=O)Nc1ccc(N(C)C)cc1C. The van der Waals surface area contributed by atoms with Crippen LogP contribution >= 0.6 is 0 Å². The summed E-state index contributed by atoms with van der Waals surface area (Å²) in [6.07, 6.45) is 0. The molecule has 0 aromatic heterocycles. The molecule has 3 amide bonds. The summed E-state index contributed by atoms with van der Waals surface area (Å²) in [4.78, 5) is 24.6. The van der Waals surface area contributed by atoms with Crippen molar-refractivity contribution in [1.29, 1.82) is 0 Å². The lowest BCUT2D eigenvalue weighted by molar-refractivity contribution is -0.119. The van der Waals surface area contributed by atoms with Gasteiger partial charge in [0.2, 0.25) is 5.91 Å². The fourth-order valence-electron chi connectivity index (χ4n) is 1.48. The largest absolute Gasteiger partial charge is 0.378 e. The van der Waals surface area contributed by atoms with Gasteiger partial charge in [-0.15, -0.1) is 0 Å². The maximum atomic E-state index is 11.6. The predicted molar refractivity (Wildman–Crippen MR) is 76.6 cm³/mol. The fraction of sp³-hybridized carbons (Fsp3) is 0.385. The van der Waals surface area contributed by atoms with Gasteiger partial charge in [-0.1, -0.05) is 0 Å². The van der Waals surface area contributed by atoms with Crippen LogP contribution in [0.25, 0.3) is 0 Å². The number of anilines is 2. The summed E-state index contributed by atoms with van der Waals surface area (Å²) in [7, 11) is 5.43. The van der Waals surface area contributed by atoms with Crippen LogP contribution in [0.2, 0.25) is 0 Å². The molecule has 0 saturated heterocycles. The highest BCUT2D eigenvalue weighted by atomic mass is 16.2. The van der Waals surface area contributed by atoms with E-state index >= 15 is 0 Å². The van der Waals surface area contributed by atoms with E-state index in [4.69, 9.17) is 0 Å². The molecular formula is C13H20N4O2. The zero-order valence-electron chi connectivity index (χ0n) is 11.7. The summed E-state index contributed by atoms with van der Waals surface area (Å²) >= 11 is 0. The summed E-state index contributed by atoms with van der Waals surface area (Å²) in [6.45, 7) is 1.87. The van der Waals surface area contributed by atoms with Crippen LogP contribution in [0.1, 0.15) is 5.56 Å². The summed E-state index contributed by atoms with van der Waals surface area (Å²) in [6, 6.07) is 5.34. The molecule has 0 saturated carbocycles. The van der Waals surface area contributed by atoms with Crippen LogP contribution < -0.4 is 20.9 Å². The number of carbonyl (C=O) groups is 2. The van der Waals surface area contributed by atoms with E-state index in [2.05, 4.69) is 16.0 Å². The zero-order valence-corrected chi connectivity index (χ0v) is 11.7. The molecule has 1 rings (SSSR count). The van der Waals surface area contributed by atoms with Crippen molar-refractivity contribution in [2.45, 2.75) is 6.92 Å². The first-order chi connectivity index (χ1) is 8.93. The Hall–Kier alpha value is -2.24. The van der Waals surface area contributed by atoms with Crippen LogP contribution in [0, 0.1) is 6.92 Å². The summed E-state index contributed by atoms with van der Waals surface area (Å²) in [5, 5.41) is 7.61. The average molecular weight is 264 g/mol. The first-order valence-electron chi connectivity index (χ1n) is 5.97. The molecule has 0 aliphatic heterocycles. The molecule has 3 N–H and O–H groups in total. The van der Waals surface area contributed by atoms with Crippen LogP contribution in [0.5, 0.6) is 0 Å². The molecule has 104 valence electrons. The molecule has 6 heteroatoms. The number of aryl methyl sites for hydroxylation is 1. The molecule has 0 radical (unpaired) electrons. The van der Waals surface area contributed by atoms with E-state index < -0.39 is 6.03 Å². The van der Waals surface area contributed by atoms with Gasteiger partial charge in [0.05, 0.1) is 6.54 Å². The van der Waals surface area contributed by atoms with E-state index in [1.807, 2.05) is 44.1 Å². The van der Waals surface area contributed by atoms with Crippen molar-refractivity contribution < 1.29 is 9.59 Å². The molecule has 0 unspecified atom stereocenters. The Bertz CT molecular complexity index is 472. The maximum absolute atomic E-state index is 11.6. The van der Waals surface area contributed by atoms with E-state index in [0.717, 1.165) is 16.9 Å². The maximum Gasteiger partial charge on any atom is 0.319 e. The molecule has 0 bridgehead atoms. The molecule has 1 aromatic rings. The van der Waals surface area contributed by atoms with Gasteiger partial charge in [0, 0.05) is 32.5 Å². The lowest BCUT2D eigenvalue weighted by Crippen LogP contribution is -2.37. The summed E-state index contributed by atoms with van der Waals surface area (Å²) in [5.41, 5.74) is 2.75. The number of nitrogens with one attached hydrogen (secondary N) is 3. The van der Waals surface area contributed by atoms with Crippen molar-refractivity contribution in [3.63, 3.8) is 0 Å². The fourth-order valence-corrected chi connectivity index (χ4v) is 1.48. The lowest BCUT2D eigenvalue weighted by atomic mass is 10.1. The van der Waals surface area contributed by atoms with E-state index in [1.165, 1.54) is 7.05 Å². The Kier molecular flexibility index (Phi) is 5.17. The Morgan fingerprint density at radius 2 is 1.95 bits per heavy atom. The number of nitrogens with zero attached hydrogens (tertiary/aromatic N) is 1. The summed E-state index contributed by atoms with van der Waals surface area (Å²) in [5.74, 6) is -0.241. The molecule has 0 aliphatic carbocycles. The van der Waals surface area contributed by atoms with Crippen LogP contribution in [0.15, 0.2) is 18.2 Å². The van der Waals surface area contributed by atoms with Gasteiger partial charge in [0.25, 0.3) is 0 Å². The second-order valence-corrected chi connectivity index (χ2v) is 4.37. The Morgan fingerprint density at radius 1 is 1.26 bits per heavy atom. The Morgan fingerprint density at radius 3 is 2.47 bits per heavy atom. The van der Waals surface area contributed by atoms with E-state index in [9.17, 15) is 9.59 Å². The van der Waals surface area contributed by atoms with Crippen molar-refractivity contribution in [3.05, 3.63) is 23.8 Å². The number of rotatable bonds is 4. The predicted octanol–water partition coefficient (Wildman–Crippen LogP) is 0.929. The second kappa shape index (κ2) is 6.63. The first-order valence-corrected chi connectivity index (χ1v) is 5.97. The van der Waals surface area contributed by atoms with E-state index in [0.29, 0.717) is 0 Å². The van der Waals surface area contributed by atoms with Crippen molar-refractivity contribution in [3.8, 4) is 0 Å². The Balaban J connectivity index is 2.62. The molecule has 0 aliphatic rings. The number of amides is 3. The number of carbonyl (C=O) groups excluding carboxylic acids is 2. The molecule has 6 nitrogen and oxygen atoms in total. The van der Waals surface area contributed by atoms with Crippen molar-refractivity contribution >= 4 is 23.3 Å². The number of urea groups is 1. The molecule has 0 fully saturated rings. The van der Waals surface area contributed by atoms with Crippen LogP contribution in [-0.4, -0.2) is 39.6 Å². The van der Waals surface area contributed by atoms with Gasteiger partial charge in [0.1, 0.15) is 0 Å². The first kappa shape index (κ1) is 14.8. The third kappa shape index (κ3) is 4.50. The van der Waals surface area contributed by atoms with E-state index in [1.54, 1.807) is 0 Å². The number of hydrogen-bond donors (Lipinski definition) is 3. The van der Waals surface area contributed by atoms with Crippen molar-refractivity contribution in [2.75, 3.05) is 37.9 Å². The van der Waals surface area contributed by atoms with Gasteiger partial charge in [0.15, 0.2) is 0 Å². The third-order valence-electron chi connectivity index (χ3n) is 2.66. The average Bonchev–Trinajstić information content (AvgIpc) is 2.38. The molecular weight excluding hydrogens is 244 g/mol. The molecule has 0 atom stereocenters. The van der Waals surface area contributed by atoms with Gasteiger partial charge >= 0.3 is 6.03 Å². The summed E-state index contributed by atoms with van der Waals surface area (Å²) < 4.78 is 0. The minimum absolute atomic E-state index is 0.0445. The minimum Gasteiger partial charge on any atom is -0.378 e. The second-order valence-electron chi connectivity index (χ2n) is 4.37. The number of likely N-dealkylation sites (N-methyl/N-ethyl adjacent to an activating group) is 1. The highest BCUT2D eigenvalue weighted by Gasteiger charge is 2.07. The van der Waals surface area contributed by atoms with Crippen LogP contribution in [0.4, 0.5) is 16.2 Å². The highest BCUT2D eigenvalue weighted by molar-refractivity contribution is 5.93. The number of hydrogen-bond acceptors (Lipinski definition) is 3. The topological polar surface area (TPSA) is 73.5 Å². The normalized spacial score (nSPS) is 9.68. The number of benzene rings is 1. The molecule has 1 aromatic carbocycles. The molecule has 0 heterocycles. The quantitative estimate of drug-likeness (QED) is 0.757. The molecule has 0 spiro atoms. The smallest absolute Gasteiger partial charge is 0.319 e. The van der Waals surface area contributed by atoms with Crippen molar-refractivity contribution in [1.82, 2.24) is 10.6 Å². The van der Waals surface area contributed by atoms with Crippen molar-refractivity contribution in [2.24, 2.45) is 0 Å². The standard InChI is InChI=1S/C13H20N4O2/c1-9-7-10(17(3)4)5-6-11(9)16-13(19)15-8-12(18)14-2/h5-7H,8H2,1-4H3,(H,14,18)(H2,15,16,19). The highest BCUT2D eigenvalue weighted by Crippen LogP contribution is 2.21. The van der Waals surface area contributed by atoms with Gasteiger partial charge in [-0.2, -0.15) is 0 Å². The van der Waals surface area contributed by atoms with Gasteiger partial charge in [-0.3, -0.25) is 4.79 Å². The molecule has 19 heavy (non-hydrogen) atoms. The minimum atomic E-state index is -0.399. The van der Waals surface area contributed by atoms with Crippen LogP contribution in [-0.2, 0) is 4.79 Å². The lowest BCUT2D eigenvalue weighted by Gasteiger charge is -2.15. The van der Waals surface area contributed by atoms with E-state index in [-0.39, 0.29) is 12.5 Å². The Labute approximate surface area is 113 Å². The van der Waals surface area contributed by atoms with Crippen LogP contribution in [0.3, 0.4) is 0 Å². The van der Waals surface area contributed by atoms with Gasteiger partial charge in [-0.25, -0.2) is 4.79 Å². The van der Waals surface area contributed by atoms with Gasteiger partial charge < -0.3 is 20.9 Å². The third-order valence-corrected chi connectivity index (χ3v) is 2.66. The zero-order chi connectivity index (χ0) is 14.4. The monoisotopic (exact) mass is 264 g/mol. The van der Waals surface area contributed by atoms with Gasteiger partial charge in [-0.05, 0) is 30.7 Å².